The number of carbonyl (C=O) groups is 1. The molecule has 0 aromatic carbocycles. The number of aliphatic imine (C=N–C) groups is 1. The SMILES string of the molecule is CCCC=C(C)C(=O)N=C=O. The van der Waals surface area contributed by atoms with Crippen LogP contribution in [0.5, 0.6) is 0 Å². The molecule has 0 aliphatic heterocycles. The maximum Gasteiger partial charge on any atom is 0.283 e. The van der Waals surface area contributed by atoms with E-state index in [4.69, 9.17) is 0 Å². The highest BCUT2D eigenvalue weighted by Crippen LogP contribution is 1.99. The van der Waals surface area contributed by atoms with Gasteiger partial charge in [-0.15, -0.1) is 4.99 Å². The fourth-order valence-electron chi connectivity index (χ4n) is 0.578. The van der Waals surface area contributed by atoms with Gasteiger partial charge in [0.05, 0.1) is 0 Å². The summed E-state index contributed by atoms with van der Waals surface area (Å²) in [6, 6.07) is 0. The first-order chi connectivity index (χ1) is 5.22. The fraction of sp³-hybridized carbons (Fsp3) is 0.500. The molecule has 0 radical (unpaired) electrons. The first-order valence-corrected chi connectivity index (χ1v) is 3.51. The van der Waals surface area contributed by atoms with Crippen molar-refractivity contribution in [3.8, 4) is 0 Å². The van der Waals surface area contributed by atoms with Gasteiger partial charge in [-0.2, -0.15) is 0 Å². The number of rotatable bonds is 3. The van der Waals surface area contributed by atoms with Gasteiger partial charge in [0.1, 0.15) is 0 Å². The molecule has 0 bridgehead atoms. The minimum atomic E-state index is -0.492. The lowest BCUT2D eigenvalue weighted by atomic mass is 10.2. The van der Waals surface area contributed by atoms with Crippen LogP contribution >= 0.6 is 0 Å². The summed E-state index contributed by atoms with van der Waals surface area (Å²) in [5.74, 6) is -0.492. The highest BCUT2D eigenvalue weighted by molar-refractivity contribution is 5.96. The van der Waals surface area contributed by atoms with E-state index in [1.807, 2.05) is 6.92 Å². The molecule has 0 atom stereocenters. The van der Waals surface area contributed by atoms with Crippen LogP contribution in [-0.4, -0.2) is 12.0 Å². The summed E-state index contributed by atoms with van der Waals surface area (Å²) in [5, 5.41) is 0. The van der Waals surface area contributed by atoms with E-state index in [1.54, 1.807) is 13.0 Å². The van der Waals surface area contributed by atoms with Crippen molar-refractivity contribution in [1.29, 1.82) is 0 Å². The molecule has 0 heterocycles. The van der Waals surface area contributed by atoms with Crippen LogP contribution in [-0.2, 0) is 9.59 Å². The molecule has 0 saturated heterocycles. The van der Waals surface area contributed by atoms with Crippen molar-refractivity contribution >= 4 is 12.0 Å². The first-order valence-electron chi connectivity index (χ1n) is 3.51. The highest BCUT2D eigenvalue weighted by atomic mass is 16.2. The first kappa shape index (κ1) is 9.79. The second-order valence-electron chi connectivity index (χ2n) is 2.18. The van der Waals surface area contributed by atoms with Gasteiger partial charge in [0, 0.05) is 5.57 Å². The number of hydrogen-bond donors (Lipinski definition) is 0. The van der Waals surface area contributed by atoms with E-state index < -0.39 is 5.91 Å². The average molecular weight is 153 g/mol. The van der Waals surface area contributed by atoms with Crippen molar-refractivity contribution in [3.05, 3.63) is 11.6 Å². The van der Waals surface area contributed by atoms with Gasteiger partial charge in [-0.3, -0.25) is 4.79 Å². The van der Waals surface area contributed by atoms with Crippen LogP contribution < -0.4 is 0 Å². The molecule has 0 aromatic rings. The molecule has 0 aliphatic carbocycles. The van der Waals surface area contributed by atoms with Gasteiger partial charge in [-0.05, 0) is 13.3 Å². The molecule has 1 amide bonds. The summed E-state index contributed by atoms with van der Waals surface area (Å²) in [6.07, 6.45) is 4.80. The summed E-state index contributed by atoms with van der Waals surface area (Å²) in [6.45, 7) is 3.65. The topological polar surface area (TPSA) is 46.5 Å². The molecule has 60 valence electrons. The molecule has 0 fully saturated rings. The normalized spacial score (nSPS) is 10.5. The second-order valence-corrected chi connectivity index (χ2v) is 2.18. The van der Waals surface area contributed by atoms with Gasteiger partial charge < -0.3 is 0 Å². The van der Waals surface area contributed by atoms with Crippen LogP contribution in [0.4, 0.5) is 0 Å². The number of allylic oxidation sites excluding steroid dienone is 1. The van der Waals surface area contributed by atoms with E-state index >= 15 is 0 Å². The van der Waals surface area contributed by atoms with Crippen molar-refractivity contribution in [2.24, 2.45) is 4.99 Å². The van der Waals surface area contributed by atoms with Gasteiger partial charge in [0.2, 0.25) is 6.08 Å². The quantitative estimate of drug-likeness (QED) is 0.351. The molecular formula is C8H11NO2. The Labute approximate surface area is 65.8 Å². The van der Waals surface area contributed by atoms with Crippen molar-refractivity contribution in [1.82, 2.24) is 0 Å². The van der Waals surface area contributed by atoms with E-state index in [9.17, 15) is 9.59 Å². The lowest BCUT2D eigenvalue weighted by molar-refractivity contribution is -0.114. The van der Waals surface area contributed by atoms with Gasteiger partial charge in [0.25, 0.3) is 5.91 Å². The molecule has 0 aromatic heterocycles. The Hall–Kier alpha value is -1.21. The molecule has 0 unspecified atom stereocenters. The molecule has 11 heavy (non-hydrogen) atoms. The monoisotopic (exact) mass is 153 g/mol. The largest absolute Gasteiger partial charge is 0.283 e. The number of unbranched alkanes of at least 4 members (excludes halogenated alkanes) is 1. The number of amides is 1. The predicted molar refractivity (Wildman–Crippen MR) is 41.8 cm³/mol. The zero-order valence-electron chi connectivity index (χ0n) is 6.76. The Kier molecular flexibility index (Phi) is 4.95. The van der Waals surface area contributed by atoms with Crippen LogP contribution in [0.25, 0.3) is 0 Å². The van der Waals surface area contributed by atoms with E-state index in [0.29, 0.717) is 5.57 Å². The Balaban J connectivity index is 4.11. The Bertz CT molecular complexity index is 212. The van der Waals surface area contributed by atoms with Crippen LogP contribution in [0.2, 0.25) is 0 Å². The molecule has 3 heteroatoms. The van der Waals surface area contributed by atoms with Crippen molar-refractivity contribution in [2.45, 2.75) is 26.7 Å². The summed E-state index contributed by atoms with van der Waals surface area (Å²) in [7, 11) is 0. The van der Waals surface area contributed by atoms with E-state index in [2.05, 4.69) is 4.99 Å². The van der Waals surface area contributed by atoms with Gasteiger partial charge >= 0.3 is 0 Å². The summed E-state index contributed by atoms with van der Waals surface area (Å²) in [5.41, 5.74) is 0.509. The summed E-state index contributed by atoms with van der Waals surface area (Å²) < 4.78 is 0. The van der Waals surface area contributed by atoms with Crippen LogP contribution in [0, 0.1) is 0 Å². The third-order valence-corrected chi connectivity index (χ3v) is 1.22. The van der Waals surface area contributed by atoms with E-state index in [0.717, 1.165) is 12.8 Å². The third kappa shape index (κ3) is 4.23. The van der Waals surface area contributed by atoms with Gasteiger partial charge in [-0.1, -0.05) is 19.4 Å². The maximum atomic E-state index is 10.8. The molecule has 0 spiro atoms. The third-order valence-electron chi connectivity index (χ3n) is 1.22. The minimum absolute atomic E-state index is 0.492. The standard InChI is InChI=1S/C8H11NO2/c1-3-4-5-7(2)8(11)9-6-10/h5H,3-4H2,1-2H3. The van der Waals surface area contributed by atoms with Gasteiger partial charge in [0.15, 0.2) is 0 Å². The lowest BCUT2D eigenvalue weighted by Crippen LogP contribution is -1.93. The molecule has 0 N–H and O–H groups in total. The summed E-state index contributed by atoms with van der Waals surface area (Å²) in [4.78, 5) is 23.4. The predicted octanol–water partition coefficient (Wildman–Crippen LogP) is 1.60. The van der Waals surface area contributed by atoms with Crippen LogP contribution in [0.15, 0.2) is 16.6 Å². The lowest BCUT2D eigenvalue weighted by Gasteiger charge is -1.90. The molecule has 0 saturated carbocycles. The van der Waals surface area contributed by atoms with Gasteiger partial charge in [-0.25, -0.2) is 4.79 Å². The zero-order chi connectivity index (χ0) is 8.69. The molecule has 0 rings (SSSR count). The number of isocyanates is 1. The van der Waals surface area contributed by atoms with E-state index in [-0.39, 0.29) is 0 Å². The maximum absolute atomic E-state index is 10.8. The Morgan fingerprint density at radius 3 is 2.73 bits per heavy atom. The second kappa shape index (κ2) is 5.57. The van der Waals surface area contributed by atoms with Crippen LogP contribution in [0.1, 0.15) is 26.7 Å². The molecule has 3 nitrogen and oxygen atoms in total. The Morgan fingerprint density at radius 1 is 1.64 bits per heavy atom. The smallest absolute Gasteiger partial charge is 0.266 e. The summed E-state index contributed by atoms with van der Waals surface area (Å²) >= 11 is 0. The average Bonchev–Trinajstić information content (AvgIpc) is 2.00. The minimum Gasteiger partial charge on any atom is -0.266 e. The van der Waals surface area contributed by atoms with Crippen molar-refractivity contribution in [3.63, 3.8) is 0 Å². The Morgan fingerprint density at radius 2 is 2.27 bits per heavy atom. The van der Waals surface area contributed by atoms with Crippen molar-refractivity contribution in [2.75, 3.05) is 0 Å². The zero-order valence-corrected chi connectivity index (χ0v) is 6.76. The fourth-order valence-corrected chi connectivity index (χ4v) is 0.578. The molecule has 0 aliphatic rings. The molecular weight excluding hydrogens is 142 g/mol. The number of carbonyl (C=O) groups excluding carboxylic acids is 2. The number of hydrogen-bond acceptors (Lipinski definition) is 2. The van der Waals surface area contributed by atoms with E-state index in [1.165, 1.54) is 6.08 Å². The highest BCUT2D eigenvalue weighted by Gasteiger charge is 1.99. The van der Waals surface area contributed by atoms with Crippen molar-refractivity contribution < 1.29 is 9.59 Å². The van der Waals surface area contributed by atoms with Crippen LogP contribution in [0.3, 0.4) is 0 Å². The number of nitrogens with zero attached hydrogens (tertiary/aromatic N) is 1.